The van der Waals surface area contributed by atoms with Crippen LogP contribution in [0.2, 0.25) is 5.02 Å². The van der Waals surface area contributed by atoms with Crippen molar-refractivity contribution in [2.24, 2.45) is 5.41 Å². The molecule has 1 aliphatic carbocycles. The maximum absolute atomic E-state index is 11.6. The lowest BCUT2D eigenvalue weighted by atomic mass is 9.80. The molecule has 3 aromatic carbocycles. The molecule has 40 heavy (non-hydrogen) atoms. The number of pyridine rings is 1. The Morgan fingerprint density at radius 1 is 1.02 bits per heavy atom. The number of rotatable bonds is 11. The Kier molecular flexibility index (Phi) is 8.11. The zero-order valence-corrected chi connectivity index (χ0v) is 23.9. The molecular weight excluding hydrogens is 518 g/mol. The summed E-state index contributed by atoms with van der Waals surface area (Å²) in [5, 5.41) is 22.0. The van der Waals surface area contributed by atoms with E-state index in [1.54, 1.807) is 0 Å². The molecule has 0 unspecified atom stereocenters. The fourth-order valence-electron chi connectivity index (χ4n) is 5.82. The van der Waals surface area contributed by atoms with Gasteiger partial charge in [0.25, 0.3) is 0 Å². The fourth-order valence-corrected chi connectivity index (χ4v) is 5.99. The third kappa shape index (κ3) is 6.99. The lowest BCUT2D eigenvalue weighted by Gasteiger charge is -2.25. The van der Waals surface area contributed by atoms with Crippen molar-refractivity contribution in [3.05, 3.63) is 112 Å². The lowest BCUT2D eigenvalue weighted by molar-refractivity contribution is -0.138. The van der Waals surface area contributed by atoms with Crippen molar-refractivity contribution in [3.63, 3.8) is 0 Å². The van der Waals surface area contributed by atoms with Crippen LogP contribution in [0.25, 0.3) is 23.1 Å². The molecular formula is C35H36ClNO3. The van der Waals surface area contributed by atoms with Crippen LogP contribution in [-0.2, 0) is 16.8 Å². The van der Waals surface area contributed by atoms with E-state index < -0.39 is 11.6 Å². The van der Waals surface area contributed by atoms with Crippen molar-refractivity contribution >= 4 is 40.6 Å². The third-order valence-corrected chi connectivity index (χ3v) is 8.34. The molecule has 1 aromatic heterocycles. The van der Waals surface area contributed by atoms with Crippen LogP contribution >= 0.6 is 11.6 Å². The van der Waals surface area contributed by atoms with Gasteiger partial charge < -0.3 is 10.2 Å². The average molecular weight is 554 g/mol. The Morgan fingerprint density at radius 3 is 2.55 bits per heavy atom. The SMILES string of the molecule is CC(C)(O)c1ccccc1CC[C@@H](CC1(CC(=O)O)CC1)c1cccc(/C=C/c2ccc3ccc(Cl)cc3n2)c1. The van der Waals surface area contributed by atoms with Crippen LogP contribution in [0.3, 0.4) is 0 Å². The van der Waals surface area contributed by atoms with Crippen LogP contribution in [-0.4, -0.2) is 21.2 Å². The van der Waals surface area contributed by atoms with E-state index in [0.717, 1.165) is 65.4 Å². The largest absolute Gasteiger partial charge is 0.481 e. The molecule has 0 amide bonds. The fraction of sp³-hybridized carbons (Fsp3) is 0.314. The minimum absolute atomic E-state index is 0.117. The van der Waals surface area contributed by atoms with E-state index in [1.165, 1.54) is 5.56 Å². The van der Waals surface area contributed by atoms with Crippen LogP contribution in [0.5, 0.6) is 0 Å². The van der Waals surface area contributed by atoms with E-state index in [2.05, 4.69) is 36.4 Å². The number of carbonyl (C=O) groups is 1. The van der Waals surface area contributed by atoms with Gasteiger partial charge in [-0.1, -0.05) is 78.3 Å². The second-order valence-corrected chi connectivity index (χ2v) is 12.2. The normalized spacial score (nSPS) is 15.4. The van der Waals surface area contributed by atoms with Gasteiger partial charge in [0, 0.05) is 10.4 Å². The third-order valence-electron chi connectivity index (χ3n) is 8.11. The Bertz CT molecular complexity index is 1550. The predicted molar refractivity (Wildman–Crippen MR) is 163 cm³/mol. The molecule has 1 fully saturated rings. The first-order chi connectivity index (χ1) is 19.1. The van der Waals surface area contributed by atoms with Crippen LogP contribution in [0.15, 0.2) is 78.9 Å². The van der Waals surface area contributed by atoms with Crippen molar-refractivity contribution in [2.75, 3.05) is 0 Å². The molecule has 1 saturated carbocycles. The molecule has 206 valence electrons. The van der Waals surface area contributed by atoms with Crippen LogP contribution in [0, 0.1) is 5.41 Å². The molecule has 5 heteroatoms. The lowest BCUT2D eigenvalue weighted by Crippen LogP contribution is -2.19. The van der Waals surface area contributed by atoms with E-state index in [4.69, 9.17) is 16.6 Å². The Hall–Kier alpha value is -3.47. The molecule has 0 spiro atoms. The summed E-state index contributed by atoms with van der Waals surface area (Å²) in [7, 11) is 0. The first-order valence-corrected chi connectivity index (χ1v) is 14.4. The van der Waals surface area contributed by atoms with Gasteiger partial charge in [0.05, 0.1) is 23.2 Å². The minimum Gasteiger partial charge on any atom is -0.481 e. The number of aliphatic carboxylic acids is 1. The highest BCUT2D eigenvalue weighted by Gasteiger charge is 2.45. The summed E-state index contributed by atoms with van der Waals surface area (Å²) in [6.07, 6.45) is 8.80. The number of carboxylic acids is 1. The first-order valence-electron chi connectivity index (χ1n) is 14.0. The number of aliphatic hydroxyl groups is 1. The highest BCUT2D eigenvalue weighted by molar-refractivity contribution is 6.31. The van der Waals surface area contributed by atoms with Crippen LogP contribution in [0.4, 0.5) is 0 Å². The molecule has 5 rings (SSSR count). The number of aromatic nitrogens is 1. The number of aryl methyl sites for hydroxylation is 1. The van der Waals surface area contributed by atoms with Gasteiger partial charge in [-0.3, -0.25) is 4.79 Å². The molecule has 4 nitrogen and oxygen atoms in total. The van der Waals surface area contributed by atoms with Gasteiger partial charge in [-0.15, -0.1) is 0 Å². The number of nitrogens with zero attached hydrogens (tertiary/aromatic N) is 1. The number of hydrogen-bond donors (Lipinski definition) is 2. The standard InChI is InChI=1S/C35H36ClNO3/c1-34(2,40)31-9-4-3-7-25(31)11-12-28(22-35(18-19-35)23-33(38)39)27-8-5-6-24(20-27)10-16-30-17-14-26-13-15-29(36)21-32(26)37-30/h3-10,13-17,20-21,28,40H,11-12,18-19,22-23H2,1-2H3,(H,38,39)/b16-10+/t28-/m0/s1. The van der Waals surface area contributed by atoms with Crippen molar-refractivity contribution in [1.29, 1.82) is 0 Å². The number of halogens is 1. The molecule has 0 radical (unpaired) electrons. The van der Waals surface area contributed by atoms with E-state index in [1.807, 2.05) is 68.5 Å². The molecule has 2 N–H and O–H groups in total. The summed E-state index contributed by atoms with van der Waals surface area (Å²) in [4.78, 5) is 16.4. The van der Waals surface area contributed by atoms with Gasteiger partial charge >= 0.3 is 5.97 Å². The maximum Gasteiger partial charge on any atom is 0.303 e. The van der Waals surface area contributed by atoms with Gasteiger partial charge in [-0.25, -0.2) is 4.98 Å². The van der Waals surface area contributed by atoms with Gasteiger partial charge in [-0.05, 0) is 104 Å². The second-order valence-electron chi connectivity index (χ2n) is 11.8. The molecule has 0 saturated heterocycles. The number of hydrogen-bond acceptors (Lipinski definition) is 3. The van der Waals surface area contributed by atoms with E-state index in [9.17, 15) is 15.0 Å². The quantitative estimate of drug-likeness (QED) is 0.195. The highest BCUT2D eigenvalue weighted by Crippen LogP contribution is 2.55. The van der Waals surface area contributed by atoms with Crippen molar-refractivity contribution < 1.29 is 15.0 Å². The van der Waals surface area contributed by atoms with Gasteiger partial charge in [0.1, 0.15) is 0 Å². The van der Waals surface area contributed by atoms with Gasteiger partial charge in [0.2, 0.25) is 0 Å². The summed E-state index contributed by atoms with van der Waals surface area (Å²) in [5.74, 6) is -0.504. The first kappa shape index (κ1) is 28.1. The van der Waals surface area contributed by atoms with Crippen molar-refractivity contribution in [3.8, 4) is 0 Å². The molecule has 1 heterocycles. The van der Waals surface area contributed by atoms with Gasteiger partial charge in [0.15, 0.2) is 0 Å². The highest BCUT2D eigenvalue weighted by atomic mass is 35.5. The molecule has 0 aliphatic heterocycles. The summed E-state index contributed by atoms with van der Waals surface area (Å²) >= 11 is 6.16. The summed E-state index contributed by atoms with van der Waals surface area (Å²) in [6, 6.07) is 26.4. The smallest absolute Gasteiger partial charge is 0.303 e. The zero-order valence-electron chi connectivity index (χ0n) is 23.1. The summed E-state index contributed by atoms with van der Waals surface area (Å²) < 4.78 is 0. The molecule has 1 atom stereocenters. The zero-order chi connectivity index (χ0) is 28.3. The van der Waals surface area contributed by atoms with Crippen LogP contribution in [0.1, 0.15) is 79.8 Å². The molecule has 0 bridgehead atoms. The Balaban J connectivity index is 1.40. The Morgan fingerprint density at radius 2 is 1.80 bits per heavy atom. The van der Waals surface area contributed by atoms with E-state index in [-0.39, 0.29) is 17.8 Å². The molecule has 1 aliphatic rings. The summed E-state index contributed by atoms with van der Waals surface area (Å²) in [6.45, 7) is 3.65. The Labute approximate surface area is 241 Å². The minimum atomic E-state index is -0.917. The summed E-state index contributed by atoms with van der Waals surface area (Å²) in [5.41, 5.74) is 5.08. The van der Waals surface area contributed by atoms with E-state index >= 15 is 0 Å². The van der Waals surface area contributed by atoms with Crippen molar-refractivity contribution in [1.82, 2.24) is 4.98 Å². The van der Waals surface area contributed by atoms with Gasteiger partial charge in [-0.2, -0.15) is 0 Å². The maximum atomic E-state index is 11.6. The molecule has 4 aromatic rings. The van der Waals surface area contributed by atoms with Crippen LogP contribution < -0.4 is 0 Å². The topological polar surface area (TPSA) is 70.4 Å². The van der Waals surface area contributed by atoms with Crippen molar-refractivity contribution in [2.45, 2.75) is 63.9 Å². The monoisotopic (exact) mass is 553 g/mol. The number of fused-ring (bicyclic) bond motifs is 1. The number of carboxylic acid groups (broad SMARTS) is 1. The number of benzene rings is 3. The second kappa shape index (κ2) is 11.6. The predicted octanol–water partition coefficient (Wildman–Crippen LogP) is 8.65. The van der Waals surface area contributed by atoms with E-state index in [0.29, 0.717) is 5.02 Å². The average Bonchev–Trinajstić information content (AvgIpc) is 3.67.